The molecule has 1 aromatic carbocycles. The second-order valence-corrected chi connectivity index (χ2v) is 6.63. The molecular weight excluding hydrogens is 240 g/mol. The van der Waals surface area contributed by atoms with Crippen LogP contribution in [0.4, 0.5) is 0 Å². The lowest BCUT2D eigenvalue weighted by atomic mass is 10.2. The van der Waals surface area contributed by atoms with Crippen molar-refractivity contribution in [3.05, 3.63) is 29.8 Å². The molecule has 1 rings (SSSR count). The molecule has 1 aromatic rings. The highest BCUT2D eigenvalue weighted by Gasteiger charge is 2.15. The van der Waals surface area contributed by atoms with Gasteiger partial charge in [-0.05, 0) is 38.1 Å². The average Bonchev–Trinajstić information content (AvgIpc) is 2.29. The normalized spacial score (nSPS) is 11.5. The van der Waals surface area contributed by atoms with Gasteiger partial charge in [-0.25, -0.2) is 8.42 Å². The van der Waals surface area contributed by atoms with Gasteiger partial charge in [0.05, 0.1) is 11.0 Å². The van der Waals surface area contributed by atoms with Gasteiger partial charge in [-0.15, -0.1) is 0 Å². The minimum atomic E-state index is -3.06. The maximum atomic E-state index is 11.5. The van der Waals surface area contributed by atoms with Crippen molar-refractivity contribution in [1.29, 1.82) is 0 Å². The summed E-state index contributed by atoms with van der Waals surface area (Å²) in [6, 6.07) is 6.54. The maximum Gasteiger partial charge on any atom is 0.155 e. The average molecular weight is 256 g/mol. The fourth-order valence-electron chi connectivity index (χ4n) is 1.15. The van der Waals surface area contributed by atoms with Crippen LogP contribution < -0.4 is 4.74 Å². The zero-order valence-electron chi connectivity index (χ0n) is 9.92. The predicted octanol–water partition coefficient (Wildman–Crippen LogP) is 1.70. The zero-order valence-corrected chi connectivity index (χ0v) is 10.7. The molecule has 0 atom stereocenters. The van der Waals surface area contributed by atoms with Gasteiger partial charge in [-0.3, -0.25) is 4.79 Å². The second-order valence-electron chi connectivity index (χ2n) is 3.95. The molecule has 0 saturated carbocycles. The van der Waals surface area contributed by atoms with Crippen LogP contribution in [0.2, 0.25) is 0 Å². The lowest BCUT2D eigenvalue weighted by Gasteiger charge is -2.09. The molecule has 0 heterocycles. The molecule has 0 aromatic heterocycles. The maximum absolute atomic E-state index is 11.5. The third kappa shape index (κ3) is 4.19. The SMILES string of the molecule is CC(C)S(=O)(=O)CCOc1ccc(C=O)cc1. The molecule has 0 aliphatic rings. The standard InChI is InChI=1S/C12H16O4S/c1-10(2)17(14,15)8-7-16-12-5-3-11(9-13)4-6-12/h3-6,9-10H,7-8H2,1-2H3. The predicted molar refractivity (Wildman–Crippen MR) is 66.2 cm³/mol. The summed E-state index contributed by atoms with van der Waals surface area (Å²) >= 11 is 0. The van der Waals surface area contributed by atoms with E-state index in [1.165, 1.54) is 0 Å². The van der Waals surface area contributed by atoms with Gasteiger partial charge in [-0.2, -0.15) is 0 Å². The van der Waals surface area contributed by atoms with Crippen LogP contribution in [0.1, 0.15) is 24.2 Å². The summed E-state index contributed by atoms with van der Waals surface area (Å²) in [7, 11) is -3.06. The Morgan fingerprint density at radius 2 is 1.82 bits per heavy atom. The molecule has 0 unspecified atom stereocenters. The van der Waals surface area contributed by atoms with Gasteiger partial charge in [0, 0.05) is 5.56 Å². The number of carbonyl (C=O) groups is 1. The number of carbonyl (C=O) groups excluding carboxylic acids is 1. The van der Waals surface area contributed by atoms with Crippen LogP contribution >= 0.6 is 0 Å². The Morgan fingerprint density at radius 1 is 1.24 bits per heavy atom. The quantitative estimate of drug-likeness (QED) is 0.727. The third-order valence-corrected chi connectivity index (χ3v) is 4.54. The van der Waals surface area contributed by atoms with Crippen molar-refractivity contribution < 1.29 is 17.9 Å². The van der Waals surface area contributed by atoms with E-state index < -0.39 is 9.84 Å². The molecule has 0 radical (unpaired) electrons. The largest absolute Gasteiger partial charge is 0.493 e. The first kappa shape index (κ1) is 13.7. The lowest BCUT2D eigenvalue weighted by Crippen LogP contribution is -2.21. The Labute approximate surface area is 102 Å². The molecule has 0 aliphatic heterocycles. The fourth-order valence-corrected chi connectivity index (χ4v) is 1.94. The van der Waals surface area contributed by atoms with Crippen molar-refractivity contribution in [3.8, 4) is 5.75 Å². The summed E-state index contributed by atoms with van der Waals surface area (Å²) < 4.78 is 28.3. The van der Waals surface area contributed by atoms with E-state index in [1.807, 2.05) is 0 Å². The van der Waals surface area contributed by atoms with Crippen molar-refractivity contribution in [2.45, 2.75) is 19.1 Å². The molecule has 94 valence electrons. The van der Waals surface area contributed by atoms with Crippen LogP contribution in [0.5, 0.6) is 5.75 Å². The van der Waals surface area contributed by atoms with Gasteiger partial charge in [0.25, 0.3) is 0 Å². The van der Waals surface area contributed by atoms with E-state index in [-0.39, 0.29) is 17.6 Å². The highest BCUT2D eigenvalue weighted by atomic mass is 32.2. The van der Waals surface area contributed by atoms with Crippen LogP contribution in [0.25, 0.3) is 0 Å². The molecule has 5 heteroatoms. The van der Waals surface area contributed by atoms with E-state index >= 15 is 0 Å². The summed E-state index contributed by atoms with van der Waals surface area (Å²) in [6.45, 7) is 3.42. The number of rotatable bonds is 6. The topological polar surface area (TPSA) is 60.4 Å². The van der Waals surface area contributed by atoms with Crippen molar-refractivity contribution in [2.75, 3.05) is 12.4 Å². The molecule has 0 aliphatic carbocycles. The van der Waals surface area contributed by atoms with Gasteiger partial charge < -0.3 is 4.74 Å². The van der Waals surface area contributed by atoms with Gasteiger partial charge in [-0.1, -0.05) is 0 Å². The summed E-state index contributed by atoms with van der Waals surface area (Å²) in [5.74, 6) is 0.565. The van der Waals surface area contributed by atoms with E-state index in [2.05, 4.69) is 0 Å². The first-order valence-corrected chi connectivity index (χ1v) is 7.07. The zero-order chi connectivity index (χ0) is 12.9. The molecule has 0 saturated heterocycles. The van der Waals surface area contributed by atoms with Gasteiger partial charge in [0.1, 0.15) is 18.6 Å². The van der Waals surface area contributed by atoms with E-state index in [9.17, 15) is 13.2 Å². The van der Waals surface area contributed by atoms with Crippen LogP contribution in [0.15, 0.2) is 24.3 Å². The number of sulfone groups is 1. The molecule has 0 spiro atoms. The second kappa shape index (κ2) is 5.82. The fraction of sp³-hybridized carbons (Fsp3) is 0.417. The molecule has 0 bridgehead atoms. The number of hydrogen-bond acceptors (Lipinski definition) is 4. The van der Waals surface area contributed by atoms with Crippen molar-refractivity contribution in [3.63, 3.8) is 0 Å². The van der Waals surface area contributed by atoms with E-state index in [0.717, 1.165) is 6.29 Å². The number of benzene rings is 1. The highest BCUT2D eigenvalue weighted by Crippen LogP contribution is 2.11. The van der Waals surface area contributed by atoms with Gasteiger partial charge in [0.2, 0.25) is 0 Å². The molecular formula is C12H16O4S. The monoisotopic (exact) mass is 256 g/mol. The van der Waals surface area contributed by atoms with Crippen molar-refractivity contribution in [1.82, 2.24) is 0 Å². The molecule has 17 heavy (non-hydrogen) atoms. The highest BCUT2D eigenvalue weighted by molar-refractivity contribution is 7.91. The van der Waals surface area contributed by atoms with Gasteiger partial charge >= 0.3 is 0 Å². The summed E-state index contributed by atoms with van der Waals surface area (Å²) in [5.41, 5.74) is 0.562. The number of hydrogen-bond donors (Lipinski definition) is 0. The van der Waals surface area contributed by atoms with E-state index in [4.69, 9.17) is 4.74 Å². The Bertz CT molecular complexity index is 460. The Kier molecular flexibility index (Phi) is 4.69. The molecule has 0 N–H and O–H groups in total. The van der Waals surface area contributed by atoms with Crippen LogP contribution in [-0.4, -0.2) is 32.3 Å². The first-order chi connectivity index (χ1) is 7.95. The van der Waals surface area contributed by atoms with E-state index in [0.29, 0.717) is 11.3 Å². The van der Waals surface area contributed by atoms with Crippen LogP contribution in [0.3, 0.4) is 0 Å². The van der Waals surface area contributed by atoms with Crippen molar-refractivity contribution >= 4 is 16.1 Å². The summed E-state index contributed by atoms with van der Waals surface area (Å²) in [5, 5.41) is -0.386. The lowest BCUT2D eigenvalue weighted by molar-refractivity contribution is 0.112. The number of ether oxygens (including phenoxy) is 1. The van der Waals surface area contributed by atoms with Crippen LogP contribution in [0, 0.1) is 0 Å². The smallest absolute Gasteiger partial charge is 0.155 e. The Hall–Kier alpha value is -1.36. The molecule has 0 fully saturated rings. The third-order valence-electron chi connectivity index (χ3n) is 2.37. The van der Waals surface area contributed by atoms with E-state index in [1.54, 1.807) is 38.1 Å². The summed E-state index contributed by atoms with van der Waals surface area (Å²) in [4.78, 5) is 10.4. The van der Waals surface area contributed by atoms with Crippen molar-refractivity contribution in [2.24, 2.45) is 0 Å². The first-order valence-electron chi connectivity index (χ1n) is 5.35. The van der Waals surface area contributed by atoms with Crippen LogP contribution in [-0.2, 0) is 9.84 Å². The molecule has 0 amide bonds. The minimum Gasteiger partial charge on any atom is -0.493 e. The Balaban J connectivity index is 2.49. The Morgan fingerprint density at radius 3 is 2.29 bits per heavy atom. The minimum absolute atomic E-state index is 0.0000979. The number of aldehydes is 1. The van der Waals surface area contributed by atoms with Gasteiger partial charge in [0.15, 0.2) is 9.84 Å². The summed E-state index contributed by atoms with van der Waals surface area (Å²) in [6.07, 6.45) is 0.743. The molecule has 4 nitrogen and oxygen atoms in total.